The molecule has 3 nitrogen and oxygen atoms in total. The van der Waals surface area contributed by atoms with E-state index in [0.717, 1.165) is 30.3 Å². The fourth-order valence-electron chi connectivity index (χ4n) is 3.14. The van der Waals surface area contributed by atoms with Crippen LogP contribution in [0.3, 0.4) is 0 Å². The van der Waals surface area contributed by atoms with Crippen molar-refractivity contribution in [1.29, 1.82) is 0 Å². The highest BCUT2D eigenvalue weighted by Gasteiger charge is 2.36. The molecule has 3 rings (SSSR count). The van der Waals surface area contributed by atoms with Gasteiger partial charge < -0.3 is 15.2 Å². The first-order valence-electron chi connectivity index (χ1n) is 6.90. The molecule has 1 aliphatic carbocycles. The summed E-state index contributed by atoms with van der Waals surface area (Å²) in [4.78, 5) is 0. The van der Waals surface area contributed by atoms with Gasteiger partial charge in [0.25, 0.3) is 0 Å². The van der Waals surface area contributed by atoms with Crippen molar-refractivity contribution in [2.75, 3.05) is 13.2 Å². The van der Waals surface area contributed by atoms with Crippen LogP contribution in [0.4, 0.5) is 0 Å². The van der Waals surface area contributed by atoms with Crippen molar-refractivity contribution in [2.45, 2.75) is 38.1 Å². The van der Waals surface area contributed by atoms with E-state index in [1.807, 2.05) is 6.07 Å². The maximum absolute atomic E-state index is 6.58. The number of ether oxygens (including phenoxy) is 2. The Hall–Kier alpha value is -1.22. The third-order valence-electron chi connectivity index (χ3n) is 4.35. The third kappa shape index (κ3) is 1.97. The first kappa shape index (κ1) is 11.8. The van der Waals surface area contributed by atoms with Crippen LogP contribution >= 0.6 is 0 Å². The van der Waals surface area contributed by atoms with Crippen molar-refractivity contribution in [2.24, 2.45) is 11.7 Å². The lowest BCUT2D eigenvalue weighted by Crippen LogP contribution is -2.33. The molecule has 0 amide bonds. The van der Waals surface area contributed by atoms with Gasteiger partial charge in [-0.15, -0.1) is 0 Å². The molecule has 2 unspecified atom stereocenters. The van der Waals surface area contributed by atoms with E-state index < -0.39 is 0 Å². The van der Waals surface area contributed by atoms with Crippen molar-refractivity contribution in [3.8, 4) is 11.5 Å². The second-order valence-corrected chi connectivity index (χ2v) is 5.53. The zero-order chi connectivity index (χ0) is 12.6. The molecule has 1 saturated carbocycles. The minimum Gasteiger partial charge on any atom is -0.486 e. The highest BCUT2D eigenvalue weighted by Crippen LogP contribution is 2.43. The van der Waals surface area contributed by atoms with E-state index in [-0.39, 0.29) is 5.54 Å². The fourth-order valence-corrected chi connectivity index (χ4v) is 3.14. The molecule has 0 bridgehead atoms. The molecule has 1 aromatic carbocycles. The summed E-state index contributed by atoms with van der Waals surface area (Å²) in [6.45, 7) is 3.52. The minimum absolute atomic E-state index is 0.170. The highest BCUT2D eigenvalue weighted by molar-refractivity contribution is 5.46. The molecule has 2 N–H and O–H groups in total. The third-order valence-corrected chi connectivity index (χ3v) is 4.35. The Morgan fingerprint density at radius 1 is 1.28 bits per heavy atom. The number of fused-ring (bicyclic) bond motifs is 1. The molecule has 0 radical (unpaired) electrons. The van der Waals surface area contributed by atoms with Gasteiger partial charge in [0.05, 0.1) is 0 Å². The van der Waals surface area contributed by atoms with Gasteiger partial charge in [0.15, 0.2) is 11.5 Å². The molecule has 1 aromatic rings. The summed E-state index contributed by atoms with van der Waals surface area (Å²) in [6.07, 6.45) is 4.62. The molecule has 1 heterocycles. The monoisotopic (exact) mass is 247 g/mol. The molecule has 0 saturated heterocycles. The lowest BCUT2D eigenvalue weighted by molar-refractivity contribution is 0.171. The molecule has 98 valence electrons. The van der Waals surface area contributed by atoms with Crippen LogP contribution in [0.15, 0.2) is 18.2 Å². The van der Waals surface area contributed by atoms with Crippen LogP contribution in [0.2, 0.25) is 0 Å². The molecule has 0 aromatic heterocycles. The topological polar surface area (TPSA) is 44.5 Å². The Morgan fingerprint density at radius 3 is 2.78 bits per heavy atom. The van der Waals surface area contributed by atoms with Crippen molar-refractivity contribution in [3.63, 3.8) is 0 Å². The van der Waals surface area contributed by atoms with Gasteiger partial charge in [-0.25, -0.2) is 0 Å². The normalized spacial score (nSPS) is 30.4. The predicted octanol–water partition coefficient (Wildman–Crippen LogP) is 2.82. The van der Waals surface area contributed by atoms with E-state index in [4.69, 9.17) is 15.2 Å². The van der Waals surface area contributed by atoms with Crippen molar-refractivity contribution in [3.05, 3.63) is 23.8 Å². The SMILES string of the molecule is CCC1CCC(N)(c2ccc3c(c2)OCCO3)C1. The van der Waals surface area contributed by atoms with Crippen LogP contribution in [0, 0.1) is 5.92 Å². The molecule has 0 spiro atoms. The number of rotatable bonds is 2. The molecule has 2 atom stereocenters. The summed E-state index contributed by atoms with van der Waals surface area (Å²) in [5.74, 6) is 2.46. The zero-order valence-electron chi connectivity index (χ0n) is 10.9. The van der Waals surface area contributed by atoms with Gasteiger partial charge in [-0.2, -0.15) is 0 Å². The summed E-state index contributed by atoms with van der Waals surface area (Å²) in [7, 11) is 0. The first-order valence-corrected chi connectivity index (χ1v) is 6.90. The quantitative estimate of drug-likeness (QED) is 0.874. The van der Waals surface area contributed by atoms with Crippen LogP contribution in [-0.4, -0.2) is 13.2 Å². The van der Waals surface area contributed by atoms with Crippen LogP contribution < -0.4 is 15.2 Å². The second-order valence-electron chi connectivity index (χ2n) is 5.53. The number of nitrogens with two attached hydrogens (primary N) is 1. The van der Waals surface area contributed by atoms with Crippen molar-refractivity contribution >= 4 is 0 Å². The summed E-state index contributed by atoms with van der Waals surface area (Å²) < 4.78 is 11.2. The molecule has 1 fully saturated rings. The van der Waals surface area contributed by atoms with Crippen LogP contribution in [0.5, 0.6) is 11.5 Å². The molecular weight excluding hydrogens is 226 g/mol. The Morgan fingerprint density at radius 2 is 2.06 bits per heavy atom. The highest BCUT2D eigenvalue weighted by atomic mass is 16.6. The van der Waals surface area contributed by atoms with Crippen LogP contribution in [0.25, 0.3) is 0 Å². The Kier molecular flexibility index (Phi) is 2.94. The fraction of sp³-hybridized carbons (Fsp3) is 0.600. The van der Waals surface area contributed by atoms with Gasteiger partial charge in [-0.05, 0) is 42.9 Å². The number of hydrogen-bond acceptors (Lipinski definition) is 3. The Labute approximate surface area is 108 Å². The molecule has 3 heteroatoms. The molecule has 1 aliphatic heterocycles. The maximum atomic E-state index is 6.58. The van der Waals surface area contributed by atoms with Gasteiger partial charge in [0.1, 0.15) is 13.2 Å². The maximum Gasteiger partial charge on any atom is 0.161 e. The van der Waals surface area contributed by atoms with Gasteiger partial charge in [-0.1, -0.05) is 19.4 Å². The van der Waals surface area contributed by atoms with E-state index in [9.17, 15) is 0 Å². The number of benzene rings is 1. The lowest BCUT2D eigenvalue weighted by Gasteiger charge is -2.27. The lowest BCUT2D eigenvalue weighted by atomic mass is 9.87. The van der Waals surface area contributed by atoms with Gasteiger partial charge in [0.2, 0.25) is 0 Å². The molecular formula is C15H21NO2. The Balaban J connectivity index is 1.88. The van der Waals surface area contributed by atoms with Crippen LogP contribution in [-0.2, 0) is 5.54 Å². The summed E-state index contributed by atoms with van der Waals surface area (Å²) >= 11 is 0. The van der Waals surface area contributed by atoms with Gasteiger partial charge in [0, 0.05) is 5.54 Å². The van der Waals surface area contributed by atoms with Gasteiger partial charge in [-0.3, -0.25) is 0 Å². The van der Waals surface area contributed by atoms with Crippen molar-refractivity contribution in [1.82, 2.24) is 0 Å². The smallest absolute Gasteiger partial charge is 0.161 e. The van der Waals surface area contributed by atoms with E-state index in [1.54, 1.807) is 0 Å². The van der Waals surface area contributed by atoms with E-state index in [2.05, 4.69) is 19.1 Å². The molecule has 18 heavy (non-hydrogen) atoms. The summed E-state index contributed by atoms with van der Waals surface area (Å²) in [5.41, 5.74) is 7.61. The standard InChI is InChI=1S/C15H21NO2/c1-2-11-5-6-15(16,10-11)12-3-4-13-14(9-12)18-8-7-17-13/h3-4,9,11H,2,5-8,10,16H2,1H3. The number of hydrogen-bond donors (Lipinski definition) is 1. The van der Waals surface area contributed by atoms with E-state index in [1.165, 1.54) is 18.4 Å². The second kappa shape index (κ2) is 4.47. The first-order chi connectivity index (χ1) is 8.71. The van der Waals surface area contributed by atoms with Gasteiger partial charge >= 0.3 is 0 Å². The largest absolute Gasteiger partial charge is 0.486 e. The minimum atomic E-state index is -0.170. The Bertz CT molecular complexity index is 446. The van der Waals surface area contributed by atoms with E-state index >= 15 is 0 Å². The predicted molar refractivity (Wildman–Crippen MR) is 70.9 cm³/mol. The average molecular weight is 247 g/mol. The average Bonchev–Trinajstić information content (AvgIpc) is 2.81. The summed E-state index contributed by atoms with van der Waals surface area (Å²) in [6, 6.07) is 6.18. The molecule has 2 aliphatic rings. The van der Waals surface area contributed by atoms with Crippen LogP contribution in [0.1, 0.15) is 38.2 Å². The zero-order valence-corrected chi connectivity index (χ0v) is 10.9. The summed E-state index contributed by atoms with van der Waals surface area (Å²) in [5, 5.41) is 0. The van der Waals surface area contributed by atoms with Crippen molar-refractivity contribution < 1.29 is 9.47 Å². The van der Waals surface area contributed by atoms with E-state index in [0.29, 0.717) is 13.2 Å².